The third kappa shape index (κ3) is 5.48. The summed E-state index contributed by atoms with van der Waals surface area (Å²) in [6, 6.07) is 14.6. The molecule has 0 bridgehead atoms. The first-order chi connectivity index (χ1) is 11.6. The molecule has 0 aromatic heterocycles. The Hall–Kier alpha value is -2.73. The topological polar surface area (TPSA) is 79.8 Å². The number of hydrogen-bond donors (Lipinski definition) is 3. The number of benzene rings is 2. The maximum Gasteiger partial charge on any atom is 0.221 e. The van der Waals surface area contributed by atoms with Crippen LogP contribution in [0.25, 0.3) is 0 Å². The van der Waals surface area contributed by atoms with Crippen LogP contribution in [0.5, 0.6) is 11.5 Å². The second-order valence-corrected chi connectivity index (χ2v) is 5.26. The van der Waals surface area contributed by atoms with Crippen LogP contribution in [-0.2, 0) is 4.79 Å². The molecule has 0 saturated heterocycles. The van der Waals surface area contributed by atoms with Crippen molar-refractivity contribution in [3.63, 3.8) is 0 Å². The molecule has 1 unspecified atom stereocenters. The van der Waals surface area contributed by atoms with Crippen LogP contribution in [0.4, 0.5) is 11.4 Å². The van der Waals surface area contributed by atoms with E-state index in [1.165, 1.54) is 6.92 Å². The average Bonchev–Trinajstić information content (AvgIpc) is 2.58. The molecule has 0 radical (unpaired) electrons. The molecule has 1 amide bonds. The zero-order valence-corrected chi connectivity index (χ0v) is 13.8. The molecule has 6 nitrogen and oxygen atoms in total. The van der Waals surface area contributed by atoms with E-state index in [2.05, 4.69) is 10.6 Å². The van der Waals surface area contributed by atoms with E-state index >= 15 is 0 Å². The summed E-state index contributed by atoms with van der Waals surface area (Å²) >= 11 is 0. The normalized spacial score (nSPS) is 11.5. The van der Waals surface area contributed by atoms with Crippen molar-refractivity contribution in [1.29, 1.82) is 0 Å². The number of aliphatic hydroxyl groups excluding tert-OH is 1. The number of carbonyl (C=O) groups is 1. The van der Waals surface area contributed by atoms with Gasteiger partial charge in [0.1, 0.15) is 24.2 Å². The molecule has 0 saturated carbocycles. The molecular formula is C18H22N2O4. The summed E-state index contributed by atoms with van der Waals surface area (Å²) in [6.07, 6.45) is -0.695. The highest BCUT2D eigenvalue weighted by Gasteiger charge is 2.09. The Bertz CT molecular complexity index is 661. The SMILES string of the molecule is COc1ccc(NC(C)=O)cc1NCC(O)COc1ccccc1. The van der Waals surface area contributed by atoms with Gasteiger partial charge in [0.2, 0.25) is 5.91 Å². The number of rotatable bonds is 8. The number of anilines is 2. The van der Waals surface area contributed by atoms with Gasteiger partial charge in [-0.3, -0.25) is 4.79 Å². The van der Waals surface area contributed by atoms with Crippen LogP contribution in [0.3, 0.4) is 0 Å². The van der Waals surface area contributed by atoms with Crippen molar-refractivity contribution < 1.29 is 19.4 Å². The minimum Gasteiger partial charge on any atom is -0.495 e. The minimum absolute atomic E-state index is 0.151. The lowest BCUT2D eigenvalue weighted by Gasteiger charge is -2.16. The van der Waals surface area contributed by atoms with E-state index in [9.17, 15) is 9.90 Å². The second-order valence-electron chi connectivity index (χ2n) is 5.26. The van der Waals surface area contributed by atoms with Gasteiger partial charge in [-0.25, -0.2) is 0 Å². The maximum atomic E-state index is 11.1. The van der Waals surface area contributed by atoms with Crippen LogP contribution in [0, 0.1) is 0 Å². The molecule has 2 rings (SSSR count). The molecule has 0 aliphatic carbocycles. The standard InChI is InChI=1S/C18H22N2O4/c1-13(21)20-14-8-9-18(23-2)17(10-14)19-11-15(22)12-24-16-6-4-3-5-7-16/h3-10,15,19,22H,11-12H2,1-2H3,(H,20,21). The van der Waals surface area contributed by atoms with Gasteiger partial charge in [0.15, 0.2) is 0 Å². The Balaban J connectivity index is 1.90. The quantitative estimate of drug-likeness (QED) is 0.693. The van der Waals surface area contributed by atoms with Crippen LogP contribution in [-0.4, -0.2) is 37.4 Å². The van der Waals surface area contributed by atoms with Crippen LogP contribution in [0.1, 0.15) is 6.92 Å². The van der Waals surface area contributed by atoms with Gasteiger partial charge >= 0.3 is 0 Å². The molecule has 2 aromatic carbocycles. The summed E-state index contributed by atoms with van der Waals surface area (Å²) in [5.41, 5.74) is 1.34. The Morgan fingerprint density at radius 3 is 2.62 bits per heavy atom. The van der Waals surface area contributed by atoms with Gasteiger partial charge in [0.05, 0.1) is 12.8 Å². The first-order valence-electron chi connectivity index (χ1n) is 7.64. The zero-order valence-electron chi connectivity index (χ0n) is 13.8. The van der Waals surface area contributed by atoms with Gasteiger partial charge in [-0.2, -0.15) is 0 Å². The lowest BCUT2D eigenvalue weighted by Crippen LogP contribution is -2.26. The first kappa shape index (κ1) is 17.6. The molecule has 2 aromatic rings. The summed E-state index contributed by atoms with van der Waals surface area (Å²) in [4.78, 5) is 11.1. The number of para-hydroxylation sites is 1. The molecule has 1 atom stereocenters. The van der Waals surface area contributed by atoms with Crippen molar-refractivity contribution in [2.24, 2.45) is 0 Å². The van der Waals surface area contributed by atoms with Crippen molar-refractivity contribution in [2.75, 3.05) is 30.9 Å². The van der Waals surface area contributed by atoms with Gasteiger partial charge in [-0.1, -0.05) is 18.2 Å². The van der Waals surface area contributed by atoms with E-state index < -0.39 is 6.10 Å². The predicted molar refractivity (Wildman–Crippen MR) is 93.7 cm³/mol. The monoisotopic (exact) mass is 330 g/mol. The van der Waals surface area contributed by atoms with Gasteiger partial charge in [-0.15, -0.1) is 0 Å². The number of ether oxygens (including phenoxy) is 2. The van der Waals surface area contributed by atoms with E-state index in [0.29, 0.717) is 22.9 Å². The summed E-state index contributed by atoms with van der Waals surface area (Å²) in [7, 11) is 1.56. The summed E-state index contributed by atoms with van der Waals surface area (Å²) < 4.78 is 10.8. The van der Waals surface area contributed by atoms with Crippen molar-refractivity contribution in [2.45, 2.75) is 13.0 Å². The summed E-state index contributed by atoms with van der Waals surface area (Å²) in [6.45, 7) is 1.90. The fourth-order valence-electron chi connectivity index (χ4n) is 2.12. The Morgan fingerprint density at radius 2 is 1.96 bits per heavy atom. The fraction of sp³-hybridized carbons (Fsp3) is 0.278. The molecular weight excluding hydrogens is 308 g/mol. The minimum atomic E-state index is -0.695. The molecule has 128 valence electrons. The number of methoxy groups -OCH3 is 1. The third-order valence-electron chi connectivity index (χ3n) is 3.23. The first-order valence-corrected chi connectivity index (χ1v) is 7.64. The highest BCUT2D eigenvalue weighted by Crippen LogP contribution is 2.27. The second kappa shape index (κ2) is 8.79. The predicted octanol–water partition coefficient (Wildman–Crippen LogP) is 2.51. The zero-order chi connectivity index (χ0) is 17.4. The van der Waals surface area contributed by atoms with Crippen LogP contribution in [0.2, 0.25) is 0 Å². The molecule has 0 fully saturated rings. The van der Waals surface area contributed by atoms with E-state index in [4.69, 9.17) is 9.47 Å². The number of aliphatic hydroxyl groups is 1. The van der Waals surface area contributed by atoms with Gasteiger partial charge in [0.25, 0.3) is 0 Å². The van der Waals surface area contributed by atoms with Crippen molar-refractivity contribution in [3.05, 3.63) is 48.5 Å². The Kier molecular flexibility index (Phi) is 6.45. The molecule has 0 spiro atoms. The van der Waals surface area contributed by atoms with Crippen LogP contribution >= 0.6 is 0 Å². The highest BCUT2D eigenvalue weighted by molar-refractivity contribution is 5.89. The van der Waals surface area contributed by atoms with Crippen molar-refractivity contribution in [3.8, 4) is 11.5 Å². The van der Waals surface area contributed by atoms with Gasteiger partial charge in [-0.05, 0) is 30.3 Å². The number of nitrogens with one attached hydrogen (secondary N) is 2. The van der Waals surface area contributed by atoms with Crippen LogP contribution in [0.15, 0.2) is 48.5 Å². The smallest absolute Gasteiger partial charge is 0.221 e. The van der Waals surface area contributed by atoms with Crippen molar-refractivity contribution >= 4 is 17.3 Å². The van der Waals surface area contributed by atoms with E-state index in [1.54, 1.807) is 25.3 Å². The summed E-state index contributed by atoms with van der Waals surface area (Å²) in [5, 5.41) is 15.9. The fourth-order valence-corrected chi connectivity index (χ4v) is 2.12. The van der Waals surface area contributed by atoms with Crippen LogP contribution < -0.4 is 20.1 Å². The molecule has 3 N–H and O–H groups in total. The summed E-state index contributed by atoms with van der Waals surface area (Å²) in [5.74, 6) is 1.18. The number of carbonyl (C=O) groups excluding carboxylic acids is 1. The molecule has 24 heavy (non-hydrogen) atoms. The molecule has 0 aliphatic rings. The molecule has 0 heterocycles. The van der Waals surface area contributed by atoms with Gasteiger partial charge in [0, 0.05) is 19.2 Å². The Morgan fingerprint density at radius 1 is 1.21 bits per heavy atom. The molecule has 6 heteroatoms. The van der Waals surface area contributed by atoms with E-state index in [-0.39, 0.29) is 19.1 Å². The average molecular weight is 330 g/mol. The van der Waals surface area contributed by atoms with E-state index in [0.717, 1.165) is 0 Å². The lowest BCUT2D eigenvalue weighted by atomic mass is 10.2. The molecule has 0 aliphatic heterocycles. The number of hydrogen-bond acceptors (Lipinski definition) is 5. The van der Waals surface area contributed by atoms with Gasteiger partial charge < -0.3 is 25.2 Å². The number of amides is 1. The Labute approximate surface area is 141 Å². The van der Waals surface area contributed by atoms with Crippen molar-refractivity contribution in [1.82, 2.24) is 0 Å². The largest absolute Gasteiger partial charge is 0.495 e. The third-order valence-corrected chi connectivity index (χ3v) is 3.23. The van der Waals surface area contributed by atoms with E-state index in [1.807, 2.05) is 30.3 Å². The lowest BCUT2D eigenvalue weighted by molar-refractivity contribution is -0.114. The maximum absolute atomic E-state index is 11.1. The highest BCUT2D eigenvalue weighted by atomic mass is 16.5.